The van der Waals surface area contributed by atoms with Crippen molar-refractivity contribution in [2.45, 2.75) is 12.5 Å². The van der Waals surface area contributed by atoms with E-state index in [9.17, 15) is 9.90 Å². The molecule has 0 aliphatic heterocycles. The first-order valence-electron chi connectivity index (χ1n) is 6.05. The molecule has 3 N–H and O–H groups in total. The SMILES string of the molecule is NC(Cc1ccc(Oc2ccc(O)cc2)cc1)C(=O)Cl. The fourth-order valence-corrected chi connectivity index (χ4v) is 1.76. The highest BCUT2D eigenvalue weighted by molar-refractivity contribution is 6.64. The lowest BCUT2D eigenvalue weighted by molar-refractivity contribution is -0.112. The van der Waals surface area contributed by atoms with E-state index in [1.165, 1.54) is 0 Å². The van der Waals surface area contributed by atoms with Crippen LogP contribution in [0.15, 0.2) is 48.5 Å². The van der Waals surface area contributed by atoms with Gasteiger partial charge < -0.3 is 15.6 Å². The number of rotatable bonds is 5. The predicted molar refractivity (Wildman–Crippen MR) is 77.2 cm³/mol. The van der Waals surface area contributed by atoms with Crippen molar-refractivity contribution in [3.8, 4) is 17.2 Å². The fraction of sp³-hybridized carbons (Fsp3) is 0.133. The van der Waals surface area contributed by atoms with Crippen molar-refractivity contribution in [3.63, 3.8) is 0 Å². The van der Waals surface area contributed by atoms with Crippen molar-refractivity contribution in [1.29, 1.82) is 0 Å². The lowest BCUT2D eigenvalue weighted by Crippen LogP contribution is -2.29. The molecule has 4 nitrogen and oxygen atoms in total. The fourth-order valence-electron chi connectivity index (χ4n) is 1.68. The molecule has 1 atom stereocenters. The molecule has 0 radical (unpaired) electrons. The Morgan fingerprint density at radius 3 is 2.10 bits per heavy atom. The zero-order valence-corrected chi connectivity index (χ0v) is 11.4. The highest BCUT2D eigenvalue weighted by Crippen LogP contribution is 2.23. The van der Waals surface area contributed by atoms with Crippen LogP contribution in [0.4, 0.5) is 0 Å². The third kappa shape index (κ3) is 3.98. The number of hydrogen-bond donors (Lipinski definition) is 2. The van der Waals surface area contributed by atoms with E-state index in [0.29, 0.717) is 17.9 Å². The molecule has 2 aromatic carbocycles. The first kappa shape index (κ1) is 14.4. The van der Waals surface area contributed by atoms with Crippen molar-refractivity contribution < 1.29 is 14.6 Å². The lowest BCUT2D eigenvalue weighted by atomic mass is 10.1. The molecular formula is C15H14ClNO3. The number of aromatic hydroxyl groups is 1. The summed E-state index contributed by atoms with van der Waals surface area (Å²) in [5, 5.41) is 8.64. The third-order valence-electron chi connectivity index (χ3n) is 2.74. The van der Waals surface area contributed by atoms with E-state index < -0.39 is 11.3 Å². The first-order valence-corrected chi connectivity index (χ1v) is 6.43. The molecule has 0 aliphatic carbocycles. The van der Waals surface area contributed by atoms with Crippen molar-refractivity contribution in [3.05, 3.63) is 54.1 Å². The Hall–Kier alpha value is -2.04. The van der Waals surface area contributed by atoms with Gasteiger partial charge in [-0.25, -0.2) is 0 Å². The zero-order chi connectivity index (χ0) is 14.5. The van der Waals surface area contributed by atoms with Gasteiger partial charge in [0.2, 0.25) is 5.24 Å². The number of hydrogen-bond acceptors (Lipinski definition) is 4. The van der Waals surface area contributed by atoms with Crippen LogP contribution in [0.5, 0.6) is 17.2 Å². The van der Waals surface area contributed by atoms with Crippen LogP contribution in [-0.2, 0) is 11.2 Å². The van der Waals surface area contributed by atoms with E-state index >= 15 is 0 Å². The largest absolute Gasteiger partial charge is 0.508 e. The van der Waals surface area contributed by atoms with Gasteiger partial charge in [0.25, 0.3) is 0 Å². The highest BCUT2D eigenvalue weighted by atomic mass is 35.5. The Morgan fingerprint density at radius 1 is 1.10 bits per heavy atom. The molecule has 0 saturated heterocycles. The van der Waals surface area contributed by atoms with E-state index in [1.54, 1.807) is 36.4 Å². The van der Waals surface area contributed by atoms with Crippen molar-refractivity contribution in [1.82, 2.24) is 0 Å². The lowest BCUT2D eigenvalue weighted by Gasteiger charge is -2.09. The van der Waals surface area contributed by atoms with Crippen molar-refractivity contribution >= 4 is 16.8 Å². The van der Waals surface area contributed by atoms with Gasteiger partial charge in [-0.05, 0) is 60.0 Å². The van der Waals surface area contributed by atoms with E-state index in [2.05, 4.69) is 0 Å². The summed E-state index contributed by atoms with van der Waals surface area (Å²) in [7, 11) is 0. The second-order valence-electron chi connectivity index (χ2n) is 4.35. The minimum Gasteiger partial charge on any atom is -0.508 e. The molecular weight excluding hydrogens is 278 g/mol. The molecule has 0 aliphatic rings. The smallest absolute Gasteiger partial charge is 0.238 e. The maximum absolute atomic E-state index is 10.9. The number of halogens is 1. The molecule has 20 heavy (non-hydrogen) atoms. The van der Waals surface area contributed by atoms with Crippen LogP contribution >= 0.6 is 11.6 Å². The molecule has 0 saturated carbocycles. The third-order valence-corrected chi connectivity index (χ3v) is 3.02. The number of phenolic OH excluding ortho intramolecular Hbond substituents is 1. The Bertz CT molecular complexity index is 581. The number of carbonyl (C=O) groups excluding carboxylic acids is 1. The van der Waals surface area contributed by atoms with Gasteiger partial charge in [0, 0.05) is 0 Å². The highest BCUT2D eigenvalue weighted by Gasteiger charge is 2.11. The number of ether oxygens (including phenoxy) is 1. The molecule has 0 heterocycles. The Morgan fingerprint density at radius 2 is 1.60 bits per heavy atom. The number of benzene rings is 2. The monoisotopic (exact) mass is 291 g/mol. The second-order valence-corrected chi connectivity index (χ2v) is 4.73. The molecule has 2 aromatic rings. The normalized spacial score (nSPS) is 11.9. The van der Waals surface area contributed by atoms with Crippen LogP contribution in [0.3, 0.4) is 0 Å². The van der Waals surface area contributed by atoms with Crippen LogP contribution in [0.2, 0.25) is 0 Å². The van der Waals surface area contributed by atoms with Crippen LogP contribution in [0.25, 0.3) is 0 Å². The summed E-state index contributed by atoms with van der Waals surface area (Å²) >= 11 is 5.32. The molecule has 0 amide bonds. The van der Waals surface area contributed by atoms with E-state index in [4.69, 9.17) is 22.1 Å². The summed E-state index contributed by atoms with van der Waals surface area (Å²) in [5.41, 5.74) is 6.49. The summed E-state index contributed by atoms with van der Waals surface area (Å²) in [5.74, 6) is 1.47. The van der Waals surface area contributed by atoms with Gasteiger partial charge in [-0.3, -0.25) is 4.79 Å². The van der Waals surface area contributed by atoms with Crippen LogP contribution in [0, 0.1) is 0 Å². The Kier molecular flexibility index (Phi) is 4.61. The molecule has 0 bridgehead atoms. The van der Waals surface area contributed by atoms with Gasteiger partial charge in [-0.1, -0.05) is 12.1 Å². The van der Waals surface area contributed by atoms with Crippen molar-refractivity contribution in [2.24, 2.45) is 5.73 Å². The Balaban J connectivity index is 2.01. The van der Waals surface area contributed by atoms with Gasteiger partial charge >= 0.3 is 0 Å². The quantitative estimate of drug-likeness (QED) is 0.831. The summed E-state index contributed by atoms with van der Waals surface area (Å²) in [4.78, 5) is 10.9. The molecule has 0 aromatic heterocycles. The average molecular weight is 292 g/mol. The summed E-state index contributed by atoms with van der Waals surface area (Å²) in [6.07, 6.45) is 0.391. The molecule has 0 fully saturated rings. The predicted octanol–water partition coefficient (Wildman–Crippen LogP) is 2.82. The van der Waals surface area contributed by atoms with Gasteiger partial charge in [0.15, 0.2) is 0 Å². The molecule has 2 rings (SSSR count). The first-order chi connectivity index (χ1) is 9.54. The summed E-state index contributed by atoms with van der Waals surface area (Å²) in [6.45, 7) is 0. The number of nitrogens with two attached hydrogens (primary N) is 1. The standard InChI is InChI=1S/C15H14ClNO3/c16-15(19)14(17)9-10-1-5-12(6-2-10)20-13-7-3-11(18)4-8-13/h1-8,14,18H,9,17H2. The minimum atomic E-state index is -0.694. The maximum Gasteiger partial charge on any atom is 0.238 e. The summed E-state index contributed by atoms with van der Waals surface area (Å²) < 4.78 is 5.61. The van der Waals surface area contributed by atoms with Gasteiger partial charge in [0.1, 0.15) is 17.2 Å². The number of carbonyl (C=O) groups is 1. The Labute approximate surface area is 121 Å². The van der Waals surface area contributed by atoms with Crippen LogP contribution in [0.1, 0.15) is 5.56 Å². The van der Waals surface area contributed by atoms with E-state index in [1.807, 2.05) is 12.1 Å². The summed E-state index contributed by atoms with van der Waals surface area (Å²) in [6, 6.07) is 13.0. The minimum absolute atomic E-state index is 0.187. The average Bonchev–Trinajstić information content (AvgIpc) is 2.43. The molecule has 104 valence electrons. The molecule has 0 spiro atoms. The topological polar surface area (TPSA) is 72.6 Å². The van der Waals surface area contributed by atoms with Gasteiger partial charge in [0.05, 0.1) is 6.04 Å². The van der Waals surface area contributed by atoms with Gasteiger partial charge in [-0.15, -0.1) is 0 Å². The van der Waals surface area contributed by atoms with Crippen molar-refractivity contribution in [2.75, 3.05) is 0 Å². The van der Waals surface area contributed by atoms with Crippen LogP contribution < -0.4 is 10.5 Å². The van der Waals surface area contributed by atoms with Gasteiger partial charge in [-0.2, -0.15) is 0 Å². The zero-order valence-electron chi connectivity index (χ0n) is 10.6. The van der Waals surface area contributed by atoms with E-state index in [-0.39, 0.29) is 5.75 Å². The van der Waals surface area contributed by atoms with Crippen LogP contribution in [-0.4, -0.2) is 16.4 Å². The molecule has 1 unspecified atom stereocenters. The maximum atomic E-state index is 10.9. The second kappa shape index (κ2) is 6.41. The van der Waals surface area contributed by atoms with E-state index in [0.717, 1.165) is 5.56 Å². The molecule has 5 heteroatoms. The number of phenols is 1.